The zero-order valence-electron chi connectivity index (χ0n) is 33.1. The molecule has 336 valence electrons. The minimum absolute atomic E-state index is 0.00639. The van der Waals surface area contributed by atoms with Crippen LogP contribution in [0.1, 0.15) is 37.6 Å². The summed E-state index contributed by atoms with van der Waals surface area (Å²) in [5, 5.41) is 54.2. The van der Waals surface area contributed by atoms with Gasteiger partial charge in [-0.2, -0.15) is 0 Å². The number of nitrogens with one attached hydrogen (secondary N) is 3. The molecule has 0 aromatic carbocycles. The summed E-state index contributed by atoms with van der Waals surface area (Å²) in [7, 11) is 0. The molecule has 1 aromatic rings. The zero-order valence-corrected chi connectivity index (χ0v) is 35.6. The van der Waals surface area contributed by atoms with Crippen LogP contribution in [0.25, 0.3) is 0 Å². The van der Waals surface area contributed by atoms with E-state index in [4.69, 9.17) is 31.8 Å². The Morgan fingerprint density at radius 2 is 1.05 bits per heavy atom. The van der Waals surface area contributed by atoms with Gasteiger partial charge in [0.2, 0.25) is 0 Å². The van der Waals surface area contributed by atoms with Crippen LogP contribution in [0, 0.1) is 5.92 Å². The quantitative estimate of drug-likeness (QED) is 0.0644. The van der Waals surface area contributed by atoms with E-state index in [1.165, 1.54) is 6.92 Å². The van der Waals surface area contributed by atoms with Crippen molar-refractivity contribution in [3.05, 3.63) is 29.6 Å². The number of thioether (sulfide) groups is 3. The number of hydrogen-bond donors (Lipinski definition) is 10. The molecule has 3 unspecified atom stereocenters. The van der Waals surface area contributed by atoms with Gasteiger partial charge in [-0.05, 0) is 37.9 Å². The SMILES string of the molecule is C[C@@H](CSC(=O)NCCC(C(=O)O)N1CCN(CCCNC(=O)SC[C@H](N)C(=O)O)CCN(C(CCNC(=O)SCC(N)C(=O)O)C(=O)O)Cc2cccc(n2)C1)C(=O)O. The van der Waals surface area contributed by atoms with Crippen molar-refractivity contribution < 1.29 is 63.9 Å². The fourth-order valence-electron chi connectivity index (χ4n) is 5.62. The molecule has 5 atom stereocenters. The molecule has 2 rings (SSSR count). The maximum absolute atomic E-state index is 12.7. The fourth-order valence-corrected chi connectivity index (χ4v) is 7.73. The highest BCUT2D eigenvalue weighted by atomic mass is 32.2. The number of carboxylic acids is 5. The second-order valence-electron chi connectivity index (χ2n) is 13.7. The second-order valence-corrected chi connectivity index (χ2v) is 16.7. The van der Waals surface area contributed by atoms with Crippen LogP contribution in [-0.4, -0.2) is 185 Å². The van der Waals surface area contributed by atoms with Crippen LogP contribution in [0.4, 0.5) is 14.4 Å². The third-order valence-electron chi connectivity index (χ3n) is 9.06. The van der Waals surface area contributed by atoms with E-state index in [1.807, 2.05) is 4.90 Å². The highest BCUT2D eigenvalue weighted by molar-refractivity contribution is 8.14. The Kier molecular flexibility index (Phi) is 23.9. The van der Waals surface area contributed by atoms with Crippen LogP contribution in [0.2, 0.25) is 0 Å². The van der Waals surface area contributed by atoms with Crippen molar-refractivity contribution >= 4 is 80.8 Å². The molecule has 0 saturated carbocycles. The Hall–Kier alpha value is -4.24. The molecule has 25 heteroatoms. The minimum Gasteiger partial charge on any atom is -0.481 e. The number of nitrogens with two attached hydrogens (primary N) is 2. The Morgan fingerprint density at radius 3 is 1.45 bits per heavy atom. The number of amides is 3. The summed E-state index contributed by atoms with van der Waals surface area (Å²) in [6, 6.07) is 0.537. The summed E-state index contributed by atoms with van der Waals surface area (Å²) in [5.41, 5.74) is 12.0. The number of hydrogen-bond acceptors (Lipinski definition) is 17. The zero-order chi connectivity index (χ0) is 44.8. The van der Waals surface area contributed by atoms with E-state index >= 15 is 0 Å². The molecule has 0 fully saturated rings. The van der Waals surface area contributed by atoms with Gasteiger partial charge in [-0.1, -0.05) is 48.3 Å². The molecule has 60 heavy (non-hydrogen) atoms. The number of pyridine rings is 1. The lowest BCUT2D eigenvalue weighted by Gasteiger charge is -2.35. The fraction of sp³-hybridized carbons (Fsp3) is 0.629. The minimum atomic E-state index is -1.26. The van der Waals surface area contributed by atoms with Crippen molar-refractivity contribution in [2.75, 3.05) is 69.6 Å². The largest absolute Gasteiger partial charge is 0.481 e. The molecule has 2 bridgehead atoms. The molecule has 3 amide bonds. The molecule has 12 N–H and O–H groups in total. The summed E-state index contributed by atoms with van der Waals surface area (Å²) in [6.07, 6.45) is 0.422. The number of nitrogens with zero attached hydrogens (tertiary/aromatic N) is 4. The van der Waals surface area contributed by atoms with Gasteiger partial charge in [0.15, 0.2) is 0 Å². The van der Waals surface area contributed by atoms with Gasteiger partial charge in [-0.25, -0.2) is 0 Å². The van der Waals surface area contributed by atoms with Crippen LogP contribution in [0.5, 0.6) is 0 Å². The molecule has 1 aliphatic heterocycles. The summed E-state index contributed by atoms with van der Waals surface area (Å²) in [5.74, 6) is -6.85. The van der Waals surface area contributed by atoms with Crippen molar-refractivity contribution in [3.8, 4) is 0 Å². The number of fused-ring (bicyclic) bond motifs is 2. The van der Waals surface area contributed by atoms with Crippen molar-refractivity contribution in [2.45, 2.75) is 63.4 Å². The van der Waals surface area contributed by atoms with Crippen molar-refractivity contribution in [2.24, 2.45) is 17.4 Å². The standard InChI is InChI=1S/C35H55N9O13S3/c1-21(28(45)46)18-58-34(56)39-9-6-26(31(51)52)43-14-12-42(11-3-8-38-33(55)59-19-24(36)29(47)48)13-15-44(17-23-5-2-4-22(16-43)41-23)27(32(53)54)7-10-40-35(57)60-20-25(37)30(49)50/h2,4-5,21,24-27H,3,6-20,36-37H2,1H3,(H,38,55)(H,39,56)(H,40,57)(H,45,46)(H,47,48)(H,49,50)(H,51,52)(H,53,54)/t21-,24-,25?,26?,27?/m0/s1. The third kappa shape index (κ3) is 20.3. The number of rotatable bonds is 23. The van der Waals surface area contributed by atoms with Gasteiger partial charge in [-0.15, -0.1) is 0 Å². The van der Waals surface area contributed by atoms with Crippen LogP contribution < -0.4 is 27.4 Å². The molecular formula is C35H55N9O13S3. The molecule has 1 aromatic heterocycles. The topological polar surface area (TPSA) is 348 Å². The molecule has 2 heterocycles. The van der Waals surface area contributed by atoms with Crippen molar-refractivity contribution in [1.29, 1.82) is 0 Å². The van der Waals surface area contributed by atoms with Gasteiger partial charge in [0, 0.05) is 76.2 Å². The Balaban J connectivity index is 2.29. The van der Waals surface area contributed by atoms with Crippen LogP contribution >= 0.6 is 35.3 Å². The van der Waals surface area contributed by atoms with Crippen LogP contribution in [-0.2, 0) is 37.1 Å². The number of carbonyl (C=O) groups is 8. The summed E-state index contributed by atoms with van der Waals surface area (Å²) in [4.78, 5) is 106. The van der Waals surface area contributed by atoms with E-state index in [0.29, 0.717) is 49.2 Å². The van der Waals surface area contributed by atoms with E-state index in [9.17, 15) is 48.6 Å². The molecule has 0 spiro atoms. The number of aliphatic carboxylic acids is 5. The van der Waals surface area contributed by atoms with Crippen molar-refractivity contribution in [1.82, 2.24) is 35.6 Å². The highest BCUT2D eigenvalue weighted by Gasteiger charge is 2.30. The number of carbonyl (C=O) groups excluding carboxylic acids is 3. The third-order valence-corrected chi connectivity index (χ3v) is 12.0. The van der Waals surface area contributed by atoms with E-state index in [2.05, 4.69) is 16.0 Å². The smallest absolute Gasteiger partial charge is 0.321 e. The van der Waals surface area contributed by atoms with E-state index in [-0.39, 0.29) is 75.9 Å². The van der Waals surface area contributed by atoms with Crippen molar-refractivity contribution in [3.63, 3.8) is 0 Å². The predicted molar refractivity (Wildman–Crippen MR) is 224 cm³/mol. The second kappa shape index (κ2) is 27.6. The maximum Gasteiger partial charge on any atom is 0.321 e. The summed E-state index contributed by atoms with van der Waals surface area (Å²) < 4.78 is 0. The summed E-state index contributed by atoms with van der Waals surface area (Å²) >= 11 is 2.20. The van der Waals surface area contributed by atoms with Crippen LogP contribution in [0.3, 0.4) is 0 Å². The van der Waals surface area contributed by atoms with E-state index in [1.54, 1.807) is 28.0 Å². The van der Waals surface area contributed by atoms with E-state index in [0.717, 1.165) is 23.5 Å². The first-order chi connectivity index (χ1) is 28.4. The lowest BCUT2D eigenvalue weighted by atomic mass is 10.1. The molecule has 1 aliphatic rings. The predicted octanol–water partition coefficient (Wildman–Crippen LogP) is -0.0492. The lowest BCUT2D eigenvalue weighted by Crippen LogP contribution is -2.49. The first-order valence-corrected chi connectivity index (χ1v) is 21.9. The van der Waals surface area contributed by atoms with Crippen LogP contribution in [0.15, 0.2) is 18.2 Å². The molecule has 0 saturated heterocycles. The highest BCUT2D eigenvalue weighted by Crippen LogP contribution is 2.17. The monoisotopic (exact) mass is 905 g/mol. The maximum atomic E-state index is 12.7. The number of aromatic nitrogens is 1. The van der Waals surface area contributed by atoms with Gasteiger partial charge in [-0.3, -0.25) is 53.1 Å². The normalized spacial score (nSPS) is 16.7. The summed E-state index contributed by atoms with van der Waals surface area (Å²) in [6.45, 7) is 3.17. The Morgan fingerprint density at radius 1 is 0.633 bits per heavy atom. The van der Waals surface area contributed by atoms with Gasteiger partial charge < -0.3 is 57.9 Å². The molecule has 0 aliphatic carbocycles. The van der Waals surface area contributed by atoms with E-state index < -0.39 is 75.6 Å². The first kappa shape index (κ1) is 51.9. The van der Waals surface area contributed by atoms with Gasteiger partial charge in [0.25, 0.3) is 15.7 Å². The lowest BCUT2D eigenvalue weighted by molar-refractivity contribution is -0.144. The Bertz CT molecular complexity index is 1540. The molecular weight excluding hydrogens is 851 g/mol. The van der Waals surface area contributed by atoms with Gasteiger partial charge in [0.1, 0.15) is 24.2 Å². The average molecular weight is 906 g/mol. The van der Waals surface area contributed by atoms with Gasteiger partial charge >= 0.3 is 29.8 Å². The first-order valence-electron chi connectivity index (χ1n) is 18.9. The Labute approximate surface area is 359 Å². The van der Waals surface area contributed by atoms with Gasteiger partial charge in [0.05, 0.1) is 17.3 Å². The number of carboxylic acid groups (broad SMARTS) is 5. The molecule has 22 nitrogen and oxygen atoms in total. The molecule has 0 radical (unpaired) electrons. The average Bonchev–Trinajstić information content (AvgIpc) is 3.18.